The van der Waals surface area contributed by atoms with Crippen LogP contribution in [0.25, 0.3) is 10.2 Å². The monoisotopic (exact) mass is 316 g/mol. The van der Waals surface area contributed by atoms with Gasteiger partial charge in [0.2, 0.25) is 0 Å². The van der Waals surface area contributed by atoms with Crippen LogP contribution in [0.2, 0.25) is 0 Å². The maximum absolute atomic E-state index is 12.2. The lowest BCUT2D eigenvalue weighted by molar-refractivity contribution is 0.102. The summed E-state index contributed by atoms with van der Waals surface area (Å²) in [5.41, 5.74) is 1.22. The Morgan fingerprint density at radius 2 is 2.27 bits per heavy atom. The van der Waals surface area contributed by atoms with E-state index < -0.39 is 0 Å². The van der Waals surface area contributed by atoms with Crippen LogP contribution >= 0.6 is 11.3 Å². The lowest BCUT2D eigenvalue weighted by atomic mass is 10.3. The van der Waals surface area contributed by atoms with Gasteiger partial charge in [-0.2, -0.15) is 5.10 Å². The summed E-state index contributed by atoms with van der Waals surface area (Å²) < 4.78 is 7.91. The van der Waals surface area contributed by atoms with Gasteiger partial charge in [0.15, 0.2) is 10.8 Å². The maximum Gasteiger partial charge on any atom is 0.277 e. The minimum atomic E-state index is -0.249. The van der Waals surface area contributed by atoms with Crippen LogP contribution in [0.3, 0.4) is 0 Å². The largest absolute Gasteiger partial charge is 0.497 e. The van der Waals surface area contributed by atoms with E-state index >= 15 is 0 Å². The first-order valence-corrected chi connectivity index (χ1v) is 7.80. The van der Waals surface area contributed by atoms with Crippen molar-refractivity contribution in [2.45, 2.75) is 19.9 Å². The Balaban J connectivity index is 1.78. The smallest absolute Gasteiger partial charge is 0.277 e. The molecule has 114 valence electrons. The summed E-state index contributed by atoms with van der Waals surface area (Å²) in [7, 11) is 1.62. The summed E-state index contributed by atoms with van der Waals surface area (Å²) in [6, 6.07) is 7.33. The van der Waals surface area contributed by atoms with Crippen molar-refractivity contribution in [2.24, 2.45) is 0 Å². The molecular formula is C15H16N4O2S. The SMILES string of the molecule is CCCn1ccc(C(=O)Nc2nc3ccc(OC)cc3s2)n1. The number of benzene rings is 1. The van der Waals surface area contributed by atoms with E-state index in [0.717, 1.165) is 28.9 Å². The maximum atomic E-state index is 12.2. The van der Waals surface area contributed by atoms with Crippen molar-refractivity contribution in [2.75, 3.05) is 12.4 Å². The predicted octanol–water partition coefficient (Wildman–Crippen LogP) is 3.16. The number of aromatic nitrogens is 3. The van der Waals surface area contributed by atoms with Gasteiger partial charge in [0.1, 0.15) is 5.75 Å². The third kappa shape index (κ3) is 2.94. The third-order valence-corrected chi connectivity index (χ3v) is 4.08. The van der Waals surface area contributed by atoms with E-state index in [2.05, 4.69) is 22.3 Å². The van der Waals surface area contributed by atoms with Gasteiger partial charge in [0, 0.05) is 12.7 Å². The molecule has 0 aliphatic carbocycles. The van der Waals surface area contributed by atoms with Crippen LogP contribution in [0.1, 0.15) is 23.8 Å². The van der Waals surface area contributed by atoms with Gasteiger partial charge in [-0.05, 0) is 30.7 Å². The quantitative estimate of drug-likeness (QED) is 0.785. The summed E-state index contributed by atoms with van der Waals surface area (Å²) in [5.74, 6) is 0.521. The summed E-state index contributed by atoms with van der Waals surface area (Å²) in [5, 5.41) is 7.59. The molecule has 7 heteroatoms. The third-order valence-electron chi connectivity index (χ3n) is 3.14. The number of hydrogen-bond donors (Lipinski definition) is 1. The van der Waals surface area contributed by atoms with Crippen LogP contribution in [-0.4, -0.2) is 27.8 Å². The van der Waals surface area contributed by atoms with E-state index in [1.165, 1.54) is 11.3 Å². The number of fused-ring (bicyclic) bond motifs is 1. The minimum Gasteiger partial charge on any atom is -0.497 e. The van der Waals surface area contributed by atoms with Crippen LogP contribution in [0.5, 0.6) is 5.75 Å². The van der Waals surface area contributed by atoms with E-state index in [-0.39, 0.29) is 5.91 Å². The van der Waals surface area contributed by atoms with Gasteiger partial charge in [-0.15, -0.1) is 0 Å². The lowest BCUT2D eigenvalue weighted by Crippen LogP contribution is -2.13. The molecule has 6 nitrogen and oxygen atoms in total. The van der Waals surface area contributed by atoms with Crippen molar-refractivity contribution in [3.05, 3.63) is 36.2 Å². The lowest BCUT2D eigenvalue weighted by Gasteiger charge is -1.98. The zero-order valence-electron chi connectivity index (χ0n) is 12.4. The second-order valence-corrected chi connectivity index (χ2v) is 5.80. The van der Waals surface area contributed by atoms with Crippen molar-refractivity contribution in [3.63, 3.8) is 0 Å². The molecule has 0 fully saturated rings. The van der Waals surface area contributed by atoms with Crippen LogP contribution in [0.15, 0.2) is 30.5 Å². The number of anilines is 1. The number of ether oxygens (including phenoxy) is 1. The van der Waals surface area contributed by atoms with Crippen LogP contribution in [0, 0.1) is 0 Å². The summed E-state index contributed by atoms with van der Waals surface area (Å²) in [4.78, 5) is 16.6. The molecule has 2 aromatic heterocycles. The number of aryl methyl sites for hydroxylation is 1. The van der Waals surface area contributed by atoms with Crippen LogP contribution < -0.4 is 10.1 Å². The van der Waals surface area contributed by atoms with Crippen molar-refractivity contribution in [3.8, 4) is 5.75 Å². The second kappa shape index (κ2) is 6.15. The molecule has 22 heavy (non-hydrogen) atoms. The first-order chi connectivity index (χ1) is 10.7. The number of nitrogens with one attached hydrogen (secondary N) is 1. The zero-order valence-corrected chi connectivity index (χ0v) is 13.2. The summed E-state index contributed by atoms with van der Waals surface area (Å²) >= 11 is 1.41. The number of carbonyl (C=O) groups excluding carboxylic acids is 1. The average molecular weight is 316 g/mol. The van der Waals surface area contributed by atoms with Crippen molar-refractivity contribution < 1.29 is 9.53 Å². The first kappa shape index (κ1) is 14.5. The fraction of sp³-hybridized carbons (Fsp3) is 0.267. The molecule has 2 heterocycles. The van der Waals surface area contributed by atoms with Crippen molar-refractivity contribution in [1.29, 1.82) is 0 Å². The second-order valence-electron chi connectivity index (χ2n) is 4.77. The highest BCUT2D eigenvalue weighted by atomic mass is 32.1. The van der Waals surface area contributed by atoms with Crippen LogP contribution in [-0.2, 0) is 6.54 Å². The highest BCUT2D eigenvalue weighted by Crippen LogP contribution is 2.29. The molecule has 0 aliphatic heterocycles. The Morgan fingerprint density at radius 1 is 1.41 bits per heavy atom. The Bertz CT molecular complexity index is 809. The summed E-state index contributed by atoms with van der Waals surface area (Å²) in [6.07, 6.45) is 2.78. The number of carbonyl (C=O) groups is 1. The molecule has 1 N–H and O–H groups in total. The highest BCUT2D eigenvalue weighted by Gasteiger charge is 2.13. The van der Waals surface area contributed by atoms with Gasteiger partial charge in [-0.3, -0.25) is 14.8 Å². The standard InChI is InChI=1S/C15H16N4O2S/c1-3-7-19-8-6-12(18-19)14(20)17-15-16-11-5-4-10(21-2)9-13(11)22-15/h4-6,8-9H,3,7H2,1-2H3,(H,16,17,20). The number of nitrogens with zero attached hydrogens (tertiary/aromatic N) is 3. The molecule has 1 aromatic carbocycles. The molecule has 0 spiro atoms. The Morgan fingerprint density at radius 3 is 3.05 bits per heavy atom. The number of amides is 1. The highest BCUT2D eigenvalue weighted by molar-refractivity contribution is 7.22. The molecule has 3 rings (SSSR count). The number of rotatable bonds is 5. The first-order valence-electron chi connectivity index (χ1n) is 6.99. The van der Waals surface area contributed by atoms with E-state index in [1.807, 2.05) is 24.4 Å². The van der Waals surface area contributed by atoms with Gasteiger partial charge in [-0.25, -0.2) is 4.98 Å². The van der Waals surface area contributed by atoms with E-state index in [0.29, 0.717) is 10.8 Å². The van der Waals surface area contributed by atoms with Crippen molar-refractivity contribution in [1.82, 2.24) is 14.8 Å². The molecule has 0 atom stereocenters. The molecule has 0 saturated heterocycles. The fourth-order valence-electron chi connectivity index (χ4n) is 2.08. The normalized spacial score (nSPS) is 10.8. The molecule has 3 aromatic rings. The van der Waals surface area contributed by atoms with Gasteiger partial charge < -0.3 is 4.74 Å². The molecule has 0 bridgehead atoms. The number of thiazole rings is 1. The van der Waals surface area contributed by atoms with Gasteiger partial charge in [-0.1, -0.05) is 18.3 Å². The molecular weight excluding hydrogens is 300 g/mol. The van der Waals surface area contributed by atoms with Crippen LogP contribution in [0.4, 0.5) is 5.13 Å². The molecule has 0 radical (unpaired) electrons. The number of methoxy groups -OCH3 is 1. The molecule has 0 saturated carbocycles. The average Bonchev–Trinajstić information content (AvgIpc) is 3.12. The van der Waals surface area contributed by atoms with Gasteiger partial charge in [0.25, 0.3) is 5.91 Å². The topological polar surface area (TPSA) is 69.0 Å². The Labute approximate surface area is 131 Å². The fourth-order valence-corrected chi connectivity index (χ4v) is 2.97. The number of hydrogen-bond acceptors (Lipinski definition) is 5. The molecule has 0 aliphatic rings. The minimum absolute atomic E-state index is 0.249. The van der Waals surface area contributed by atoms with Gasteiger partial charge >= 0.3 is 0 Å². The zero-order chi connectivity index (χ0) is 15.5. The van der Waals surface area contributed by atoms with E-state index in [4.69, 9.17) is 4.74 Å². The van der Waals surface area contributed by atoms with E-state index in [9.17, 15) is 4.79 Å². The molecule has 0 unspecified atom stereocenters. The predicted molar refractivity (Wildman–Crippen MR) is 86.6 cm³/mol. The Kier molecular flexibility index (Phi) is 4.06. The summed E-state index contributed by atoms with van der Waals surface area (Å²) in [6.45, 7) is 2.87. The van der Waals surface area contributed by atoms with E-state index in [1.54, 1.807) is 17.9 Å². The Hall–Kier alpha value is -2.41. The molecule has 1 amide bonds. The van der Waals surface area contributed by atoms with Gasteiger partial charge in [0.05, 0.1) is 17.3 Å². The van der Waals surface area contributed by atoms with Crippen molar-refractivity contribution >= 4 is 32.6 Å².